The van der Waals surface area contributed by atoms with E-state index in [4.69, 9.17) is 0 Å². The molecule has 0 spiro atoms. The van der Waals surface area contributed by atoms with Crippen molar-refractivity contribution >= 4 is 5.69 Å². The van der Waals surface area contributed by atoms with Crippen LogP contribution in [0.25, 0.3) is 0 Å². The van der Waals surface area contributed by atoms with E-state index in [1.165, 1.54) is 29.7 Å². The van der Waals surface area contributed by atoms with E-state index < -0.39 is 0 Å². The maximum atomic E-state index is 2.53. The van der Waals surface area contributed by atoms with Gasteiger partial charge in [-0.15, -0.1) is 0 Å². The van der Waals surface area contributed by atoms with E-state index >= 15 is 0 Å². The fraction of sp³-hybridized carbons (Fsp3) is 0.250. The molecule has 0 aliphatic carbocycles. The molecule has 0 radical (unpaired) electrons. The zero-order valence-corrected chi connectivity index (χ0v) is 14.6. The van der Waals surface area contributed by atoms with E-state index in [2.05, 4.69) is 95.9 Å². The van der Waals surface area contributed by atoms with Crippen LogP contribution in [-0.2, 0) is 0 Å². The summed E-state index contributed by atoms with van der Waals surface area (Å²) in [6.45, 7) is 2.29. The Morgan fingerprint density at radius 2 is 1.04 bits per heavy atom. The van der Waals surface area contributed by atoms with Crippen LogP contribution in [0.4, 0.5) is 5.69 Å². The number of piperidine rings is 1. The molecular weight excluding hydrogens is 302 g/mol. The second-order valence-electron chi connectivity index (χ2n) is 6.96. The van der Waals surface area contributed by atoms with Crippen molar-refractivity contribution in [3.8, 4) is 0 Å². The maximum Gasteiger partial charge on any atom is 0.0366 e. The molecule has 1 heteroatoms. The summed E-state index contributed by atoms with van der Waals surface area (Å²) >= 11 is 0. The quantitative estimate of drug-likeness (QED) is 0.591. The standard InChI is InChI=1S/C24H25N/c1-4-10-20(11-5-1)24(21-12-6-2-7-13-21)22-16-18-25(19-17-22)23-14-8-3-9-15-23/h1-15,22,24H,16-19H2. The zero-order chi connectivity index (χ0) is 16.9. The Kier molecular flexibility index (Phi) is 4.83. The SMILES string of the molecule is c1ccc(C(c2ccccc2)C2CCN(c3ccccc3)CC2)cc1. The van der Waals surface area contributed by atoms with Gasteiger partial charge in [-0.25, -0.2) is 0 Å². The first-order chi connectivity index (χ1) is 12.4. The minimum atomic E-state index is 0.500. The Labute approximate surface area is 150 Å². The zero-order valence-electron chi connectivity index (χ0n) is 14.6. The van der Waals surface area contributed by atoms with E-state index in [1.807, 2.05) is 0 Å². The van der Waals surface area contributed by atoms with Gasteiger partial charge in [0.15, 0.2) is 0 Å². The molecule has 0 amide bonds. The summed E-state index contributed by atoms with van der Waals surface area (Å²) in [4.78, 5) is 2.53. The predicted octanol–water partition coefficient (Wildman–Crippen LogP) is 5.74. The summed E-state index contributed by atoms with van der Waals surface area (Å²) in [7, 11) is 0. The number of para-hydroxylation sites is 1. The van der Waals surface area contributed by atoms with Crippen molar-refractivity contribution in [2.24, 2.45) is 5.92 Å². The molecule has 0 unspecified atom stereocenters. The van der Waals surface area contributed by atoms with Gasteiger partial charge in [0.2, 0.25) is 0 Å². The molecule has 1 heterocycles. The predicted molar refractivity (Wildman–Crippen MR) is 106 cm³/mol. The lowest BCUT2D eigenvalue weighted by atomic mass is 9.76. The van der Waals surface area contributed by atoms with E-state index in [-0.39, 0.29) is 0 Å². The van der Waals surface area contributed by atoms with Crippen molar-refractivity contribution in [2.75, 3.05) is 18.0 Å². The van der Waals surface area contributed by atoms with Crippen molar-refractivity contribution in [1.29, 1.82) is 0 Å². The molecule has 0 bridgehead atoms. The Morgan fingerprint density at radius 3 is 1.52 bits per heavy atom. The summed E-state index contributed by atoms with van der Waals surface area (Å²) in [5.74, 6) is 1.20. The molecule has 1 aliphatic rings. The third-order valence-electron chi connectivity index (χ3n) is 5.45. The molecular formula is C24H25N. The molecule has 25 heavy (non-hydrogen) atoms. The number of nitrogens with zero attached hydrogens (tertiary/aromatic N) is 1. The van der Waals surface area contributed by atoms with Crippen molar-refractivity contribution in [1.82, 2.24) is 0 Å². The Morgan fingerprint density at radius 1 is 0.600 bits per heavy atom. The molecule has 0 atom stereocenters. The van der Waals surface area contributed by atoms with Gasteiger partial charge in [0.1, 0.15) is 0 Å². The highest BCUT2D eigenvalue weighted by Gasteiger charge is 2.28. The number of rotatable bonds is 4. The highest BCUT2D eigenvalue weighted by Crippen LogP contribution is 2.38. The molecule has 3 aromatic rings. The minimum Gasteiger partial charge on any atom is -0.372 e. The van der Waals surface area contributed by atoms with Gasteiger partial charge < -0.3 is 4.90 Å². The van der Waals surface area contributed by atoms with E-state index in [0.29, 0.717) is 11.8 Å². The fourth-order valence-electron chi connectivity index (χ4n) is 4.19. The van der Waals surface area contributed by atoms with Crippen LogP contribution in [0.1, 0.15) is 29.9 Å². The largest absolute Gasteiger partial charge is 0.372 e. The molecule has 126 valence electrons. The Hall–Kier alpha value is -2.54. The summed E-state index contributed by atoms with van der Waals surface area (Å²) in [5, 5.41) is 0. The van der Waals surface area contributed by atoms with Crippen molar-refractivity contribution in [3.63, 3.8) is 0 Å². The summed E-state index contributed by atoms with van der Waals surface area (Å²) < 4.78 is 0. The summed E-state index contributed by atoms with van der Waals surface area (Å²) in [5.41, 5.74) is 4.26. The lowest BCUT2D eigenvalue weighted by molar-refractivity contribution is 0.368. The first-order valence-corrected chi connectivity index (χ1v) is 9.32. The van der Waals surface area contributed by atoms with Crippen LogP contribution in [-0.4, -0.2) is 13.1 Å². The second kappa shape index (κ2) is 7.57. The van der Waals surface area contributed by atoms with Crippen molar-refractivity contribution < 1.29 is 0 Å². The van der Waals surface area contributed by atoms with E-state index in [0.717, 1.165) is 13.1 Å². The molecule has 1 saturated heterocycles. The Balaban J connectivity index is 1.55. The van der Waals surface area contributed by atoms with Gasteiger partial charge in [-0.3, -0.25) is 0 Å². The lowest BCUT2D eigenvalue weighted by Crippen LogP contribution is -2.35. The van der Waals surface area contributed by atoms with Gasteiger partial charge in [0, 0.05) is 24.7 Å². The number of hydrogen-bond acceptors (Lipinski definition) is 1. The summed E-state index contributed by atoms with van der Waals surface area (Å²) in [6, 6.07) is 32.9. The monoisotopic (exact) mass is 327 g/mol. The smallest absolute Gasteiger partial charge is 0.0366 e. The van der Waals surface area contributed by atoms with Crippen molar-refractivity contribution in [2.45, 2.75) is 18.8 Å². The molecule has 1 aliphatic heterocycles. The first kappa shape index (κ1) is 16.0. The third-order valence-corrected chi connectivity index (χ3v) is 5.45. The van der Waals surface area contributed by atoms with Crippen LogP contribution >= 0.6 is 0 Å². The first-order valence-electron chi connectivity index (χ1n) is 9.32. The van der Waals surface area contributed by atoms with Gasteiger partial charge in [-0.1, -0.05) is 78.9 Å². The molecule has 0 aromatic heterocycles. The molecule has 0 N–H and O–H groups in total. The average molecular weight is 327 g/mol. The second-order valence-corrected chi connectivity index (χ2v) is 6.96. The number of benzene rings is 3. The number of hydrogen-bond donors (Lipinski definition) is 0. The van der Waals surface area contributed by atoms with Crippen molar-refractivity contribution in [3.05, 3.63) is 102 Å². The highest BCUT2D eigenvalue weighted by atomic mass is 15.1. The normalized spacial score (nSPS) is 15.5. The van der Waals surface area contributed by atoms with E-state index in [9.17, 15) is 0 Å². The van der Waals surface area contributed by atoms with Crippen LogP contribution in [0.5, 0.6) is 0 Å². The van der Waals surface area contributed by atoms with Crippen LogP contribution in [0.15, 0.2) is 91.0 Å². The van der Waals surface area contributed by atoms with Gasteiger partial charge >= 0.3 is 0 Å². The maximum absolute atomic E-state index is 2.53. The van der Waals surface area contributed by atoms with Crippen LogP contribution in [0, 0.1) is 5.92 Å². The molecule has 4 rings (SSSR count). The lowest BCUT2D eigenvalue weighted by Gasteiger charge is -2.37. The van der Waals surface area contributed by atoms with Crippen LogP contribution in [0.2, 0.25) is 0 Å². The fourth-order valence-corrected chi connectivity index (χ4v) is 4.19. The minimum absolute atomic E-state index is 0.500. The molecule has 1 fully saturated rings. The van der Waals surface area contributed by atoms with E-state index in [1.54, 1.807) is 0 Å². The van der Waals surface area contributed by atoms with Gasteiger partial charge in [0.25, 0.3) is 0 Å². The average Bonchev–Trinajstić information content (AvgIpc) is 2.71. The number of anilines is 1. The third kappa shape index (κ3) is 3.61. The van der Waals surface area contributed by atoms with Gasteiger partial charge in [0.05, 0.1) is 0 Å². The van der Waals surface area contributed by atoms with Gasteiger partial charge in [-0.2, -0.15) is 0 Å². The summed E-state index contributed by atoms with van der Waals surface area (Å²) in [6.07, 6.45) is 2.48. The van der Waals surface area contributed by atoms with Gasteiger partial charge in [-0.05, 0) is 42.0 Å². The highest BCUT2D eigenvalue weighted by molar-refractivity contribution is 5.46. The molecule has 0 saturated carbocycles. The topological polar surface area (TPSA) is 3.24 Å². The molecule has 3 aromatic carbocycles. The van der Waals surface area contributed by atoms with Crippen LogP contribution < -0.4 is 4.90 Å². The van der Waals surface area contributed by atoms with Crippen LogP contribution in [0.3, 0.4) is 0 Å². The molecule has 1 nitrogen and oxygen atoms in total. The Bertz CT molecular complexity index is 719.